The average Bonchev–Trinajstić information content (AvgIpc) is 3.32. The summed E-state index contributed by atoms with van der Waals surface area (Å²) in [5, 5.41) is 9.49. The summed E-state index contributed by atoms with van der Waals surface area (Å²) in [5.74, 6) is -0.380. The number of hydrogen-bond acceptors (Lipinski definition) is 5. The van der Waals surface area contributed by atoms with Crippen molar-refractivity contribution in [1.29, 1.82) is 5.26 Å². The summed E-state index contributed by atoms with van der Waals surface area (Å²) in [5.41, 5.74) is 1.07. The maximum atomic E-state index is 13.0. The van der Waals surface area contributed by atoms with Crippen LogP contribution in [-0.2, 0) is 14.3 Å². The Labute approximate surface area is 176 Å². The van der Waals surface area contributed by atoms with Crippen molar-refractivity contribution in [3.63, 3.8) is 0 Å². The fraction of sp³-hybridized carbons (Fsp3) is 0.292. The lowest BCUT2D eigenvalue weighted by Gasteiger charge is -2.23. The van der Waals surface area contributed by atoms with Gasteiger partial charge in [0.15, 0.2) is 0 Å². The third-order valence-corrected chi connectivity index (χ3v) is 4.81. The summed E-state index contributed by atoms with van der Waals surface area (Å²) < 4.78 is 10.9. The molecule has 1 saturated heterocycles. The molecule has 0 N–H and O–H groups in total. The van der Waals surface area contributed by atoms with Crippen molar-refractivity contribution in [3.8, 4) is 11.8 Å². The zero-order valence-electron chi connectivity index (χ0n) is 16.9. The van der Waals surface area contributed by atoms with Crippen LogP contribution < -0.4 is 4.74 Å². The Balaban J connectivity index is 1.81. The van der Waals surface area contributed by atoms with Crippen LogP contribution in [0.3, 0.4) is 0 Å². The molecule has 2 aromatic rings. The number of esters is 1. The second-order valence-corrected chi connectivity index (χ2v) is 6.90. The van der Waals surface area contributed by atoms with Gasteiger partial charge in [-0.2, -0.15) is 5.26 Å². The molecule has 0 aliphatic carbocycles. The zero-order chi connectivity index (χ0) is 21.3. The summed E-state index contributed by atoms with van der Waals surface area (Å²) in [4.78, 5) is 27.4. The van der Waals surface area contributed by atoms with Crippen LogP contribution >= 0.6 is 0 Å². The molecule has 1 aliphatic heterocycles. The van der Waals surface area contributed by atoms with Crippen LogP contribution in [0.15, 0.2) is 60.2 Å². The van der Waals surface area contributed by atoms with Gasteiger partial charge in [-0.25, -0.2) is 4.79 Å². The van der Waals surface area contributed by atoms with E-state index in [0.717, 1.165) is 12.8 Å². The summed E-state index contributed by atoms with van der Waals surface area (Å²) in [6.45, 7) is 3.74. The number of ether oxygens (including phenoxy) is 2. The first-order valence-corrected chi connectivity index (χ1v) is 10.0. The molecule has 0 aromatic heterocycles. The van der Waals surface area contributed by atoms with Crippen LogP contribution in [0.25, 0.3) is 6.08 Å². The normalized spacial score (nSPS) is 14.7. The van der Waals surface area contributed by atoms with E-state index in [1.165, 1.54) is 6.08 Å². The van der Waals surface area contributed by atoms with E-state index >= 15 is 0 Å². The summed E-state index contributed by atoms with van der Waals surface area (Å²) in [6, 6.07) is 17.8. The predicted octanol–water partition coefficient (Wildman–Crippen LogP) is 3.90. The van der Waals surface area contributed by atoms with E-state index in [-0.39, 0.29) is 11.5 Å². The van der Waals surface area contributed by atoms with Crippen molar-refractivity contribution in [1.82, 2.24) is 4.90 Å². The molecule has 0 unspecified atom stereocenters. The zero-order valence-corrected chi connectivity index (χ0v) is 16.9. The molecule has 6 nitrogen and oxygen atoms in total. The van der Waals surface area contributed by atoms with E-state index in [9.17, 15) is 14.9 Å². The largest absolute Gasteiger partial charge is 0.494 e. The highest BCUT2D eigenvalue weighted by molar-refractivity contribution is 5.99. The molecule has 3 rings (SSSR count). The molecule has 6 heteroatoms. The monoisotopic (exact) mass is 404 g/mol. The Morgan fingerprint density at radius 2 is 1.77 bits per heavy atom. The lowest BCUT2D eigenvalue weighted by Crippen LogP contribution is -2.35. The van der Waals surface area contributed by atoms with E-state index in [2.05, 4.69) is 0 Å². The van der Waals surface area contributed by atoms with Crippen molar-refractivity contribution >= 4 is 18.0 Å². The van der Waals surface area contributed by atoms with Crippen LogP contribution in [0.4, 0.5) is 0 Å². The molecule has 1 amide bonds. The van der Waals surface area contributed by atoms with Gasteiger partial charge in [-0.15, -0.1) is 0 Å². The second-order valence-electron chi connectivity index (χ2n) is 6.90. The number of carbonyl (C=O) groups excluding carboxylic acids is 2. The molecular formula is C24H24N2O4. The van der Waals surface area contributed by atoms with E-state index < -0.39 is 12.1 Å². The van der Waals surface area contributed by atoms with Crippen molar-refractivity contribution < 1.29 is 19.1 Å². The van der Waals surface area contributed by atoms with E-state index in [1.807, 2.05) is 19.1 Å². The molecule has 1 atom stereocenters. The molecule has 2 aromatic carbocycles. The van der Waals surface area contributed by atoms with Gasteiger partial charge in [0.2, 0.25) is 6.10 Å². The minimum Gasteiger partial charge on any atom is -0.494 e. The molecule has 30 heavy (non-hydrogen) atoms. The van der Waals surface area contributed by atoms with E-state index in [1.54, 1.807) is 53.4 Å². The Bertz CT molecular complexity index is 939. The number of carbonyl (C=O) groups is 2. The Morgan fingerprint density at radius 3 is 2.37 bits per heavy atom. The van der Waals surface area contributed by atoms with Gasteiger partial charge in [0.25, 0.3) is 5.91 Å². The van der Waals surface area contributed by atoms with E-state index in [4.69, 9.17) is 9.47 Å². The predicted molar refractivity (Wildman–Crippen MR) is 112 cm³/mol. The van der Waals surface area contributed by atoms with Gasteiger partial charge < -0.3 is 14.4 Å². The van der Waals surface area contributed by atoms with Crippen molar-refractivity contribution in [2.75, 3.05) is 19.7 Å². The molecule has 0 radical (unpaired) electrons. The average molecular weight is 404 g/mol. The second kappa shape index (κ2) is 10.3. The Kier molecular flexibility index (Phi) is 7.23. The Hall–Kier alpha value is -3.59. The topological polar surface area (TPSA) is 79.6 Å². The quantitative estimate of drug-likeness (QED) is 0.397. The van der Waals surface area contributed by atoms with Gasteiger partial charge in [-0.05, 0) is 43.5 Å². The van der Waals surface area contributed by atoms with Gasteiger partial charge in [0.05, 0.1) is 6.61 Å². The molecule has 0 spiro atoms. The number of nitriles is 1. The summed E-state index contributed by atoms with van der Waals surface area (Å²) in [7, 11) is 0. The highest BCUT2D eigenvalue weighted by atomic mass is 16.5. The third-order valence-electron chi connectivity index (χ3n) is 4.81. The maximum absolute atomic E-state index is 13.0. The highest BCUT2D eigenvalue weighted by Gasteiger charge is 2.31. The fourth-order valence-electron chi connectivity index (χ4n) is 3.29. The molecule has 1 fully saturated rings. The van der Waals surface area contributed by atoms with E-state index in [0.29, 0.717) is 36.6 Å². The highest BCUT2D eigenvalue weighted by Crippen LogP contribution is 2.24. The number of benzene rings is 2. The van der Waals surface area contributed by atoms with Gasteiger partial charge in [-0.3, -0.25) is 4.79 Å². The van der Waals surface area contributed by atoms with Crippen LogP contribution in [0.1, 0.15) is 37.0 Å². The maximum Gasteiger partial charge on any atom is 0.350 e. The lowest BCUT2D eigenvalue weighted by atomic mass is 10.1. The molecule has 154 valence electrons. The first-order chi connectivity index (χ1) is 14.6. The molecular weight excluding hydrogens is 380 g/mol. The molecule has 1 aliphatic rings. The first-order valence-electron chi connectivity index (χ1n) is 10.0. The van der Waals surface area contributed by atoms with Crippen molar-refractivity contribution in [3.05, 3.63) is 71.3 Å². The van der Waals surface area contributed by atoms with Gasteiger partial charge in [0, 0.05) is 18.7 Å². The van der Waals surface area contributed by atoms with Gasteiger partial charge in [0.1, 0.15) is 17.4 Å². The summed E-state index contributed by atoms with van der Waals surface area (Å²) >= 11 is 0. The van der Waals surface area contributed by atoms with Crippen molar-refractivity contribution in [2.45, 2.75) is 25.9 Å². The number of rotatable bonds is 7. The molecule has 1 heterocycles. The van der Waals surface area contributed by atoms with Crippen LogP contribution in [0.5, 0.6) is 5.75 Å². The fourth-order valence-corrected chi connectivity index (χ4v) is 3.29. The van der Waals surface area contributed by atoms with Crippen LogP contribution in [0, 0.1) is 11.3 Å². The number of nitrogens with zero attached hydrogens (tertiary/aromatic N) is 2. The molecule has 0 bridgehead atoms. The standard InChI is InChI=1S/C24H24N2O4/c1-2-29-21-12-10-18(11-13-21)16-20(17-25)24(28)30-22(19-8-4-3-5-9-19)23(27)26-14-6-7-15-26/h3-5,8-13,16,22H,2,6-7,14-15H2,1H3/b20-16+/t22-/m0/s1. The minimum absolute atomic E-state index is 0.172. The third kappa shape index (κ3) is 5.26. The first kappa shape index (κ1) is 21.1. The Morgan fingerprint density at radius 1 is 1.10 bits per heavy atom. The minimum atomic E-state index is -1.08. The SMILES string of the molecule is CCOc1ccc(/C=C(\C#N)C(=O)O[C@H](C(=O)N2CCCC2)c2ccccc2)cc1. The summed E-state index contributed by atoms with van der Waals surface area (Å²) in [6.07, 6.45) is 2.24. The molecule has 0 saturated carbocycles. The van der Waals surface area contributed by atoms with Crippen LogP contribution in [-0.4, -0.2) is 36.5 Å². The number of likely N-dealkylation sites (tertiary alicyclic amines) is 1. The number of amides is 1. The number of hydrogen-bond donors (Lipinski definition) is 0. The van der Waals surface area contributed by atoms with Gasteiger partial charge in [-0.1, -0.05) is 42.5 Å². The smallest absolute Gasteiger partial charge is 0.350 e. The lowest BCUT2D eigenvalue weighted by molar-refractivity contribution is -0.157. The van der Waals surface area contributed by atoms with Crippen LogP contribution in [0.2, 0.25) is 0 Å². The van der Waals surface area contributed by atoms with Gasteiger partial charge >= 0.3 is 5.97 Å². The van der Waals surface area contributed by atoms with Crippen molar-refractivity contribution in [2.24, 2.45) is 0 Å².